The van der Waals surface area contributed by atoms with Crippen molar-refractivity contribution in [2.24, 2.45) is 5.41 Å². The molecular formula is C33H46N4O3S. The van der Waals surface area contributed by atoms with Crippen LogP contribution in [-0.4, -0.2) is 55.2 Å². The zero-order valence-electron chi connectivity index (χ0n) is 25.8. The molecule has 0 fully saturated rings. The Balaban J connectivity index is 0.000000759. The van der Waals surface area contributed by atoms with E-state index in [4.69, 9.17) is 19.2 Å². The van der Waals surface area contributed by atoms with Gasteiger partial charge in [0.2, 0.25) is 0 Å². The first kappa shape index (κ1) is 33.8. The summed E-state index contributed by atoms with van der Waals surface area (Å²) in [5.41, 5.74) is 5.87. The highest BCUT2D eigenvalue weighted by molar-refractivity contribution is 7.79. The molecule has 0 aliphatic heterocycles. The number of thiol groups is 1. The molecule has 0 bridgehead atoms. The van der Waals surface area contributed by atoms with Gasteiger partial charge in [-0.05, 0) is 54.8 Å². The van der Waals surface area contributed by atoms with Crippen LogP contribution in [0.2, 0.25) is 0 Å². The van der Waals surface area contributed by atoms with Gasteiger partial charge in [-0.25, -0.2) is 4.98 Å². The Morgan fingerprint density at radius 3 is 2.10 bits per heavy atom. The summed E-state index contributed by atoms with van der Waals surface area (Å²) in [7, 11) is 3.32. The number of aromatic nitrogens is 3. The van der Waals surface area contributed by atoms with Gasteiger partial charge in [0.25, 0.3) is 0 Å². The lowest BCUT2D eigenvalue weighted by Crippen LogP contribution is -2.20. The molecule has 0 amide bonds. The van der Waals surface area contributed by atoms with Crippen LogP contribution < -0.4 is 14.4 Å². The van der Waals surface area contributed by atoms with Crippen molar-refractivity contribution in [3.05, 3.63) is 67.1 Å². The molecule has 4 aromatic rings. The van der Waals surface area contributed by atoms with Gasteiger partial charge in [0, 0.05) is 67.3 Å². The van der Waals surface area contributed by atoms with E-state index in [2.05, 4.69) is 74.2 Å². The Bertz CT molecular complexity index is 1280. The first-order chi connectivity index (χ1) is 19.7. The molecule has 0 aliphatic rings. The third kappa shape index (κ3) is 11.6. The average molecular weight is 579 g/mol. The van der Waals surface area contributed by atoms with E-state index in [1.165, 1.54) is 0 Å². The lowest BCUT2D eigenvalue weighted by atomic mass is 10.0. The Kier molecular flexibility index (Phi) is 14.4. The second-order valence-electron chi connectivity index (χ2n) is 10.9. The quantitative estimate of drug-likeness (QED) is 0.142. The number of ether oxygens (including phenoxy) is 3. The van der Waals surface area contributed by atoms with E-state index in [0.29, 0.717) is 12.0 Å². The summed E-state index contributed by atoms with van der Waals surface area (Å²) in [5, 5.41) is 0. The lowest BCUT2D eigenvalue weighted by Gasteiger charge is -2.26. The SMILES string of the molecule is CC(C)(C)C.CCCOCCCN(c1cc(OC)cc(OC)c1)c1ccc2ncc(-c3cccnc3)nc2c1.CS. The van der Waals surface area contributed by atoms with Crippen LogP contribution in [0.5, 0.6) is 11.5 Å². The highest BCUT2D eigenvalue weighted by atomic mass is 32.1. The van der Waals surface area contributed by atoms with Gasteiger partial charge >= 0.3 is 0 Å². The lowest BCUT2D eigenvalue weighted by molar-refractivity contribution is 0.134. The number of rotatable bonds is 11. The largest absolute Gasteiger partial charge is 0.497 e. The van der Waals surface area contributed by atoms with E-state index < -0.39 is 0 Å². The second-order valence-corrected chi connectivity index (χ2v) is 10.9. The molecule has 0 saturated carbocycles. The minimum absolute atomic E-state index is 0.500. The van der Waals surface area contributed by atoms with Crippen LogP contribution in [0, 0.1) is 5.41 Å². The molecule has 8 heteroatoms. The molecule has 0 spiro atoms. The molecule has 7 nitrogen and oxygen atoms in total. The van der Waals surface area contributed by atoms with Crippen molar-refractivity contribution in [3.8, 4) is 22.8 Å². The van der Waals surface area contributed by atoms with Crippen molar-refractivity contribution >= 4 is 35.0 Å². The van der Waals surface area contributed by atoms with Crippen molar-refractivity contribution in [2.75, 3.05) is 45.1 Å². The normalized spacial score (nSPS) is 10.7. The molecule has 0 aliphatic carbocycles. The highest BCUT2D eigenvalue weighted by Crippen LogP contribution is 2.34. The molecule has 0 unspecified atom stereocenters. The first-order valence-electron chi connectivity index (χ1n) is 13.9. The summed E-state index contributed by atoms with van der Waals surface area (Å²) in [6.45, 7) is 13.1. The van der Waals surface area contributed by atoms with Gasteiger partial charge in [0.05, 0.1) is 37.1 Å². The van der Waals surface area contributed by atoms with Crippen LogP contribution in [-0.2, 0) is 4.74 Å². The Labute approximate surface area is 251 Å². The van der Waals surface area contributed by atoms with E-state index in [-0.39, 0.29) is 0 Å². The monoisotopic (exact) mass is 578 g/mol. The summed E-state index contributed by atoms with van der Waals surface area (Å²) < 4.78 is 16.8. The average Bonchev–Trinajstić information content (AvgIpc) is 2.98. The number of hydrogen-bond acceptors (Lipinski definition) is 8. The summed E-state index contributed by atoms with van der Waals surface area (Å²) in [6.07, 6.45) is 8.92. The third-order valence-electron chi connectivity index (χ3n) is 5.46. The molecule has 0 N–H and O–H groups in total. The number of pyridine rings is 1. The fourth-order valence-electron chi connectivity index (χ4n) is 3.75. The predicted octanol–water partition coefficient (Wildman–Crippen LogP) is 8.26. The van der Waals surface area contributed by atoms with Crippen LogP contribution >= 0.6 is 12.6 Å². The van der Waals surface area contributed by atoms with E-state index in [0.717, 1.165) is 71.2 Å². The van der Waals surface area contributed by atoms with Crippen LogP contribution in [0.15, 0.2) is 67.1 Å². The Morgan fingerprint density at radius 2 is 1.51 bits per heavy atom. The van der Waals surface area contributed by atoms with Crippen LogP contribution in [0.1, 0.15) is 47.5 Å². The van der Waals surface area contributed by atoms with Gasteiger partial charge in [-0.3, -0.25) is 9.97 Å². The van der Waals surface area contributed by atoms with Crippen LogP contribution in [0.25, 0.3) is 22.3 Å². The van der Waals surface area contributed by atoms with Gasteiger partial charge in [-0.15, -0.1) is 0 Å². The standard InChI is InChI=1S/C27H30N4O3.C5H12.CH4S/c1-4-12-34-13-6-11-31(22-14-23(32-2)17-24(15-22)33-3)21-8-9-25-26(16-21)30-27(19-29-25)20-7-5-10-28-18-20;1-5(2,3)4;1-2/h5,7-10,14-19H,4,6,11-13H2,1-3H3;1-4H3;2H,1H3. The van der Waals surface area contributed by atoms with E-state index >= 15 is 0 Å². The zero-order valence-corrected chi connectivity index (χ0v) is 26.7. The molecule has 0 radical (unpaired) electrons. The Hall–Kier alpha value is -3.36. The number of nitrogens with zero attached hydrogens (tertiary/aromatic N) is 4. The summed E-state index contributed by atoms with van der Waals surface area (Å²) >= 11 is 3.53. The van der Waals surface area contributed by atoms with E-state index in [1.54, 1.807) is 39.1 Å². The first-order valence-corrected chi connectivity index (χ1v) is 14.8. The van der Waals surface area contributed by atoms with Crippen LogP contribution in [0.3, 0.4) is 0 Å². The van der Waals surface area contributed by atoms with Gasteiger partial charge in [0.1, 0.15) is 11.5 Å². The maximum Gasteiger partial charge on any atom is 0.124 e. The number of methoxy groups -OCH3 is 2. The van der Waals surface area contributed by atoms with Gasteiger partial charge in [-0.1, -0.05) is 34.6 Å². The van der Waals surface area contributed by atoms with E-state index in [1.807, 2.05) is 36.4 Å². The van der Waals surface area contributed by atoms with E-state index in [9.17, 15) is 0 Å². The van der Waals surface area contributed by atoms with Crippen molar-refractivity contribution in [1.82, 2.24) is 15.0 Å². The minimum Gasteiger partial charge on any atom is -0.497 e. The molecule has 2 aromatic heterocycles. The van der Waals surface area contributed by atoms with Crippen molar-refractivity contribution < 1.29 is 14.2 Å². The number of fused-ring (bicyclic) bond motifs is 1. The molecule has 2 aromatic carbocycles. The molecule has 41 heavy (non-hydrogen) atoms. The molecule has 4 rings (SSSR count). The topological polar surface area (TPSA) is 69.6 Å². The molecule has 0 saturated heterocycles. The fraction of sp³-hybridized carbons (Fsp3) is 0.424. The number of benzene rings is 2. The Morgan fingerprint density at radius 1 is 0.829 bits per heavy atom. The number of anilines is 2. The van der Waals surface area contributed by atoms with Crippen LogP contribution in [0.4, 0.5) is 11.4 Å². The fourth-order valence-corrected chi connectivity index (χ4v) is 3.75. The molecule has 0 atom stereocenters. The van der Waals surface area contributed by atoms with Crippen molar-refractivity contribution in [1.29, 1.82) is 0 Å². The molecule has 2 heterocycles. The zero-order chi connectivity index (χ0) is 30.3. The minimum atomic E-state index is 0.500. The molecule has 222 valence electrons. The van der Waals surface area contributed by atoms with Gasteiger partial charge < -0.3 is 19.1 Å². The van der Waals surface area contributed by atoms with Crippen molar-refractivity contribution in [2.45, 2.75) is 47.5 Å². The summed E-state index contributed by atoms with van der Waals surface area (Å²) in [4.78, 5) is 15.9. The smallest absolute Gasteiger partial charge is 0.124 e. The van der Waals surface area contributed by atoms with Crippen molar-refractivity contribution in [3.63, 3.8) is 0 Å². The summed E-state index contributed by atoms with van der Waals surface area (Å²) in [6, 6.07) is 15.9. The highest BCUT2D eigenvalue weighted by Gasteiger charge is 2.14. The second kappa shape index (κ2) is 17.5. The maximum atomic E-state index is 5.73. The van der Waals surface area contributed by atoms with Gasteiger partial charge in [-0.2, -0.15) is 12.6 Å². The number of hydrogen-bond donors (Lipinski definition) is 1. The van der Waals surface area contributed by atoms with Gasteiger partial charge in [0.15, 0.2) is 0 Å². The third-order valence-corrected chi connectivity index (χ3v) is 5.46. The predicted molar refractivity (Wildman–Crippen MR) is 175 cm³/mol. The maximum absolute atomic E-state index is 5.73. The summed E-state index contributed by atoms with van der Waals surface area (Å²) in [5.74, 6) is 1.47. The molecular weight excluding hydrogens is 532 g/mol.